The minimum absolute atomic E-state index is 0.534. The molecule has 1 unspecified atom stereocenters. The van der Waals surface area contributed by atoms with Crippen LogP contribution in [0.15, 0.2) is 24.3 Å². The predicted molar refractivity (Wildman–Crippen MR) is 70.2 cm³/mol. The maximum atomic E-state index is 5.76. The fraction of sp³-hybridized carbons (Fsp3) is 0.467. The van der Waals surface area contributed by atoms with E-state index in [2.05, 4.69) is 36.1 Å². The average molecular weight is 229 g/mol. The summed E-state index contributed by atoms with van der Waals surface area (Å²) in [6, 6.07) is 8.36. The van der Waals surface area contributed by atoms with Crippen LogP contribution in [-0.4, -0.2) is 31.6 Å². The van der Waals surface area contributed by atoms with Crippen LogP contribution in [0.25, 0.3) is 0 Å². The summed E-state index contributed by atoms with van der Waals surface area (Å²) in [5.41, 5.74) is 1.33. The van der Waals surface area contributed by atoms with Crippen LogP contribution in [0.4, 0.5) is 0 Å². The maximum Gasteiger partial charge on any atom is 0.122 e. The van der Waals surface area contributed by atoms with E-state index in [1.165, 1.54) is 12.0 Å². The monoisotopic (exact) mass is 229 g/mol. The molecule has 0 spiro atoms. The number of hydrogen-bond acceptors (Lipinski definition) is 2. The van der Waals surface area contributed by atoms with Crippen LogP contribution in [0.1, 0.15) is 24.3 Å². The van der Waals surface area contributed by atoms with E-state index in [1.54, 1.807) is 0 Å². The molecule has 2 rings (SSSR count). The number of terminal acetylenes is 1. The highest BCUT2D eigenvalue weighted by Crippen LogP contribution is 2.33. The van der Waals surface area contributed by atoms with Gasteiger partial charge in [-0.05, 0) is 31.5 Å². The van der Waals surface area contributed by atoms with Gasteiger partial charge in [0.1, 0.15) is 5.75 Å². The molecule has 0 fully saturated rings. The minimum atomic E-state index is 0.534. The van der Waals surface area contributed by atoms with Gasteiger partial charge in [-0.3, -0.25) is 4.90 Å². The Labute approximate surface area is 104 Å². The summed E-state index contributed by atoms with van der Waals surface area (Å²) < 4.78 is 5.76. The molecule has 0 radical (unpaired) electrons. The fourth-order valence-electron chi connectivity index (χ4n) is 2.40. The summed E-state index contributed by atoms with van der Waals surface area (Å²) in [5, 5.41) is 0. The number of likely N-dealkylation sites (N-methyl/N-ethyl adjacent to an activating group) is 1. The zero-order chi connectivity index (χ0) is 12.1. The van der Waals surface area contributed by atoms with E-state index in [-0.39, 0.29) is 0 Å². The van der Waals surface area contributed by atoms with Gasteiger partial charge in [-0.25, -0.2) is 0 Å². The van der Waals surface area contributed by atoms with E-state index >= 15 is 0 Å². The minimum Gasteiger partial charge on any atom is -0.493 e. The normalized spacial score (nSPS) is 19.0. The number of nitrogens with zero attached hydrogens (tertiary/aromatic N) is 1. The van der Waals surface area contributed by atoms with Crippen LogP contribution in [0.3, 0.4) is 0 Å². The first-order valence-electron chi connectivity index (χ1n) is 6.15. The molecule has 0 aromatic heterocycles. The van der Waals surface area contributed by atoms with Crippen molar-refractivity contribution >= 4 is 0 Å². The van der Waals surface area contributed by atoms with Gasteiger partial charge in [0.2, 0.25) is 0 Å². The van der Waals surface area contributed by atoms with Crippen molar-refractivity contribution in [1.29, 1.82) is 0 Å². The summed E-state index contributed by atoms with van der Waals surface area (Å²) in [4.78, 5) is 2.20. The van der Waals surface area contributed by atoms with Crippen molar-refractivity contribution in [2.24, 2.45) is 0 Å². The Hall–Kier alpha value is -1.46. The van der Waals surface area contributed by atoms with Gasteiger partial charge >= 0.3 is 0 Å². The van der Waals surface area contributed by atoms with Gasteiger partial charge in [-0.2, -0.15) is 0 Å². The Bertz CT molecular complexity index is 408. The first kappa shape index (κ1) is 12.0. The lowest BCUT2D eigenvalue weighted by Gasteiger charge is -2.22. The van der Waals surface area contributed by atoms with Crippen LogP contribution in [0.2, 0.25) is 0 Å². The third-order valence-electron chi connectivity index (χ3n) is 3.21. The zero-order valence-corrected chi connectivity index (χ0v) is 10.4. The summed E-state index contributed by atoms with van der Waals surface area (Å²) in [7, 11) is 2.08. The largest absolute Gasteiger partial charge is 0.493 e. The molecular weight excluding hydrogens is 210 g/mol. The second-order valence-corrected chi connectivity index (χ2v) is 4.63. The maximum absolute atomic E-state index is 5.76. The standard InChI is InChI=1S/C15H19NO/c1-3-10-16(2)12-13-7-6-11-17-15-9-5-4-8-14(13)15/h1,4-5,8-9,13H,6-7,10-12H2,2H3. The third-order valence-corrected chi connectivity index (χ3v) is 3.21. The van der Waals surface area contributed by atoms with Gasteiger partial charge in [-0.15, -0.1) is 6.42 Å². The fourth-order valence-corrected chi connectivity index (χ4v) is 2.40. The van der Waals surface area contributed by atoms with Crippen LogP contribution in [-0.2, 0) is 0 Å². The number of rotatable bonds is 3. The van der Waals surface area contributed by atoms with Gasteiger partial charge in [0.05, 0.1) is 13.2 Å². The SMILES string of the molecule is C#CCN(C)CC1CCCOc2ccccc21. The second kappa shape index (κ2) is 5.75. The van der Waals surface area contributed by atoms with E-state index in [9.17, 15) is 0 Å². The Morgan fingerprint density at radius 2 is 2.29 bits per heavy atom. The van der Waals surface area contributed by atoms with E-state index in [4.69, 9.17) is 11.2 Å². The van der Waals surface area contributed by atoms with Gasteiger partial charge in [0.25, 0.3) is 0 Å². The molecular formula is C15H19NO. The number of para-hydroxylation sites is 1. The van der Waals surface area contributed by atoms with Crippen molar-refractivity contribution in [3.8, 4) is 18.1 Å². The van der Waals surface area contributed by atoms with Gasteiger partial charge in [-0.1, -0.05) is 24.1 Å². The smallest absolute Gasteiger partial charge is 0.122 e. The van der Waals surface area contributed by atoms with E-state index in [0.29, 0.717) is 12.5 Å². The molecule has 17 heavy (non-hydrogen) atoms. The molecule has 0 saturated carbocycles. The molecule has 0 bridgehead atoms. The highest BCUT2D eigenvalue weighted by atomic mass is 16.5. The lowest BCUT2D eigenvalue weighted by molar-refractivity contribution is 0.310. The lowest BCUT2D eigenvalue weighted by atomic mass is 9.94. The number of benzene rings is 1. The van der Waals surface area contributed by atoms with Crippen LogP contribution < -0.4 is 4.74 Å². The Kier molecular flexibility index (Phi) is 4.06. The highest BCUT2D eigenvalue weighted by Gasteiger charge is 2.20. The van der Waals surface area contributed by atoms with Gasteiger partial charge in [0, 0.05) is 12.5 Å². The molecule has 1 aromatic rings. The number of fused-ring (bicyclic) bond motifs is 1. The molecule has 1 aliphatic heterocycles. The topological polar surface area (TPSA) is 12.5 Å². The molecule has 0 aliphatic carbocycles. The Balaban J connectivity index is 2.14. The van der Waals surface area contributed by atoms with Crippen molar-refractivity contribution < 1.29 is 4.74 Å². The summed E-state index contributed by atoms with van der Waals surface area (Å²) in [5.74, 6) is 4.27. The molecule has 2 nitrogen and oxygen atoms in total. The molecule has 1 aliphatic rings. The van der Waals surface area contributed by atoms with Crippen molar-refractivity contribution in [2.75, 3.05) is 26.7 Å². The van der Waals surface area contributed by atoms with E-state index in [0.717, 1.165) is 25.3 Å². The van der Waals surface area contributed by atoms with Crippen LogP contribution in [0.5, 0.6) is 5.75 Å². The third kappa shape index (κ3) is 3.01. The van der Waals surface area contributed by atoms with Crippen molar-refractivity contribution in [2.45, 2.75) is 18.8 Å². The molecule has 0 N–H and O–H groups in total. The van der Waals surface area contributed by atoms with Gasteiger partial charge < -0.3 is 4.74 Å². The molecule has 1 atom stereocenters. The van der Waals surface area contributed by atoms with E-state index < -0.39 is 0 Å². The molecule has 0 amide bonds. The summed E-state index contributed by atoms with van der Waals surface area (Å²) in [6.45, 7) is 2.54. The highest BCUT2D eigenvalue weighted by molar-refractivity contribution is 5.37. The molecule has 2 heteroatoms. The summed E-state index contributed by atoms with van der Waals surface area (Å²) in [6.07, 6.45) is 7.63. The van der Waals surface area contributed by atoms with Gasteiger partial charge in [0.15, 0.2) is 0 Å². The zero-order valence-electron chi connectivity index (χ0n) is 10.4. The molecule has 1 heterocycles. The van der Waals surface area contributed by atoms with Crippen molar-refractivity contribution in [3.63, 3.8) is 0 Å². The van der Waals surface area contributed by atoms with Crippen LogP contribution in [0, 0.1) is 12.3 Å². The number of ether oxygens (including phenoxy) is 1. The second-order valence-electron chi connectivity index (χ2n) is 4.63. The first-order valence-corrected chi connectivity index (χ1v) is 6.15. The summed E-state index contributed by atoms with van der Waals surface area (Å²) >= 11 is 0. The number of hydrogen-bond donors (Lipinski definition) is 0. The van der Waals surface area contributed by atoms with Crippen molar-refractivity contribution in [1.82, 2.24) is 4.90 Å². The predicted octanol–water partition coefficient (Wildman–Crippen LogP) is 2.51. The van der Waals surface area contributed by atoms with Crippen LogP contribution >= 0.6 is 0 Å². The van der Waals surface area contributed by atoms with Crippen molar-refractivity contribution in [3.05, 3.63) is 29.8 Å². The average Bonchev–Trinajstić information content (AvgIpc) is 2.53. The molecule has 1 aromatic carbocycles. The first-order chi connectivity index (χ1) is 8.31. The molecule has 90 valence electrons. The van der Waals surface area contributed by atoms with E-state index in [1.807, 2.05) is 6.07 Å². The molecule has 0 saturated heterocycles. The lowest BCUT2D eigenvalue weighted by Crippen LogP contribution is -2.24. The Morgan fingerprint density at radius 1 is 1.47 bits per heavy atom. The quantitative estimate of drug-likeness (QED) is 0.738. The Morgan fingerprint density at radius 3 is 3.12 bits per heavy atom.